The lowest BCUT2D eigenvalue weighted by Gasteiger charge is -2.20. The summed E-state index contributed by atoms with van der Waals surface area (Å²) in [6.07, 6.45) is -0.570. The van der Waals surface area contributed by atoms with E-state index in [0.717, 1.165) is 33.2 Å². The highest BCUT2D eigenvalue weighted by Gasteiger charge is 2.18. The normalized spacial score (nSPS) is 12.1. The van der Waals surface area contributed by atoms with E-state index in [9.17, 15) is 4.79 Å². The molecule has 2 rings (SSSR count). The summed E-state index contributed by atoms with van der Waals surface area (Å²) in [7, 11) is 0. The predicted octanol–water partition coefficient (Wildman–Crippen LogP) is 5.64. The van der Waals surface area contributed by atoms with Crippen molar-refractivity contribution >= 4 is 23.4 Å². The van der Waals surface area contributed by atoms with Gasteiger partial charge in [-0.2, -0.15) is 0 Å². The zero-order valence-electron chi connectivity index (χ0n) is 15.6. The number of hydrogen-bond acceptors (Lipinski definition) is 3. The van der Waals surface area contributed by atoms with Gasteiger partial charge in [0, 0.05) is 4.90 Å². The van der Waals surface area contributed by atoms with Crippen molar-refractivity contribution in [2.45, 2.75) is 51.5 Å². The summed E-state index contributed by atoms with van der Waals surface area (Å²) in [5.41, 5.74) is 3.08. The Bertz CT molecular complexity index is 728. The van der Waals surface area contributed by atoms with Gasteiger partial charge in [-0.15, -0.1) is 11.8 Å². The molecule has 0 aliphatic heterocycles. The Labute approximate surface area is 155 Å². The van der Waals surface area contributed by atoms with Crippen molar-refractivity contribution in [2.24, 2.45) is 0 Å². The summed E-state index contributed by atoms with van der Waals surface area (Å²) in [6, 6.07) is 14.0. The molecule has 2 aromatic rings. The fourth-order valence-corrected chi connectivity index (χ4v) is 3.31. The largest absolute Gasteiger partial charge is 0.481 e. The number of nitrogens with one attached hydrogen (secondary N) is 1. The predicted molar refractivity (Wildman–Crippen MR) is 107 cm³/mol. The molecule has 0 aromatic heterocycles. The van der Waals surface area contributed by atoms with E-state index in [1.165, 1.54) is 0 Å². The van der Waals surface area contributed by atoms with Crippen molar-refractivity contribution in [3.05, 3.63) is 53.6 Å². The van der Waals surface area contributed by atoms with Crippen molar-refractivity contribution in [2.75, 3.05) is 11.1 Å². The van der Waals surface area contributed by atoms with Crippen LogP contribution in [-0.2, 0) is 4.79 Å². The summed E-state index contributed by atoms with van der Waals surface area (Å²) in [4.78, 5) is 13.7. The Morgan fingerprint density at radius 3 is 2.56 bits per heavy atom. The van der Waals surface area contributed by atoms with Gasteiger partial charge in [0.1, 0.15) is 5.75 Å². The number of carbonyl (C=O) groups excluding carboxylic acids is 1. The molecule has 134 valence electrons. The van der Waals surface area contributed by atoms with Crippen molar-refractivity contribution in [3.63, 3.8) is 0 Å². The van der Waals surface area contributed by atoms with Crippen molar-refractivity contribution in [1.29, 1.82) is 0 Å². The van der Waals surface area contributed by atoms with Crippen LogP contribution in [0.1, 0.15) is 44.7 Å². The molecule has 0 aliphatic rings. The van der Waals surface area contributed by atoms with Gasteiger partial charge in [-0.1, -0.05) is 45.0 Å². The average Bonchev–Trinajstić information content (AvgIpc) is 2.56. The van der Waals surface area contributed by atoms with Gasteiger partial charge in [0.2, 0.25) is 0 Å². The Morgan fingerprint density at radius 1 is 1.16 bits per heavy atom. The minimum absolute atomic E-state index is 0.139. The quantitative estimate of drug-likeness (QED) is 0.652. The van der Waals surface area contributed by atoms with Crippen molar-refractivity contribution < 1.29 is 9.53 Å². The van der Waals surface area contributed by atoms with Crippen LogP contribution in [0.15, 0.2) is 47.4 Å². The van der Waals surface area contributed by atoms with Crippen molar-refractivity contribution in [1.82, 2.24) is 0 Å². The minimum atomic E-state index is -0.570. The Morgan fingerprint density at radius 2 is 1.88 bits per heavy atom. The molecule has 25 heavy (non-hydrogen) atoms. The Hall–Kier alpha value is -1.94. The number of rotatable bonds is 7. The average molecular weight is 358 g/mol. The van der Waals surface area contributed by atoms with Crippen LogP contribution in [-0.4, -0.2) is 17.8 Å². The van der Waals surface area contributed by atoms with Gasteiger partial charge >= 0.3 is 0 Å². The van der Waals surface area contributed by atoms with E-state index < -0.39 is 6.10 Å². The van der Waals surface area contributed by atoms with Gasteiger partial charge in [0.15, 0.2) is 6.10 Å². The third-order valence-electron chi connectivity index (χ3n) is 3.91. The maximum absolute atomic E-state index is 12.6. The number of amides is 1. The number of anilines is 1. The third kappa shape index (κ3) is 5.27. The Kier molecular flexibility index (Phi) is 6.94. The molecule has 0 fully saturated rings. The molecule has 1 amide bonds. The second-order valence-corrected chi connectivity index (χ2v) is 7.68. The molecule has 0 saturated carbocycles. The molecule has 1 atom stereocenters. The summed E-state index contributed by atoms with van der Waals surface area (Å²) in [5, 5.41) is 2.99. The lowest BCUT2D eigenvalue weighted by Crippen LogP contribution is -2.30. The van der Waals surface area contributed by atoms with Gasteiger partial charge in [0.05, 0.1) is 5.69 Å². The van der Waals surface area contributed by atoms with E-state index in [4.69, 9.17) is 4.74 Å². The summed E-state index contributed by atoms with van der Waals surface area (Å²) < 4.78 is 6.00. The molecule has 1 unspecified atom stereocenters. The first-order valence-corrected chi connectivity index (χ1v) is 9.70. The van der Waals surface area contributed by atoms with Crippen LogP contribution in [0.5, 0.6) is 5.75 Å². The van der Waals surface area contributed by atoms with E-state index >= 15 is 0 Å². The molecule has 0 spiro atoms. The van der Waals surface area contributed by atoms with Crippen LogP contribution < -0.4 is 10.1 Å². The second kappa shape index (κ2) is 8.95. The SMILES string of the molecule is CCSc1ccccc1NC(=O)C(C)Oc1cc(C)ccc1C(C)C. The number of thioether (sulfide) groups is 1. The maximum Gasteiger partial charge on any atom is 0.265 e. The first-order valence-electron chi connectivity index (χ1n) is 8.72. The highest BCUT2D eigenvalue weighted by Crippen LogP contribution is 2.29. The van der Waals surface area contributed by atoms with Crippen molar-refractivity contribution in [3.8, 4) is 5.75 Å². The number of para-hydroxylation sites is 1. The van der Waals surface area contributed by atoms with Crippen LogP contribution in [0.25, 0.3) is 0 Å². The molecule has 1 N–H and O–H groups in total. The summed E-state index contributed by atoms with van der Waals surface area (Å²) in [6.45, 7) is 10.2. The van der Waals surface area contributed by atoms with E-state index in [0.29, 0.717) is 5.92 Å². The van der Waals surface area contributed by atoms with E-state index in [1.807, 2.05) is 37.3 Å². The van der Waals surface area contributed by atoms with Gasteiger partial charge in [-0.25, -0.2) is 0 Å². The number of ether oxygens (including phenoxy) is 1. The summed E-state index contributed by atoms with van der Waals surface area (Å²) in [5.74, 6) is 1.95. The highest BCUT2D eigenvalue weighted by molar-refractivity contribution is 7.99. The van der Waals surface area contributed by atoms with Gasteiger partial charge in [-0.05, 0) is 54.8 Å². The van der Waals surface area contributed by atoms with Gasteiger partial charge < -0.3 is 10.1 Å². The highest BCUT2D eigenvalue weighted by atomic mass is 32.2. The first kappa shape index (κ1) is 19.4. The monoisotopic (exact) mass is 357 g/mol. The first-order chi connectivity index (χ1) is 11.9. The summed E-state index contributed by atoms with van der Waals surface area (Å²) >= 11 is 1.71. The molecule has 0 radical (unpaired) electrons. The van der Waals surface area contributed by atoms with E-state index in [-0.39, 0.29) is 5.91 Å². The zero-order valence-corrected chi connectivity index (χ0v) is 16.4. The lowest BCUT2D eigenvalue weighted by atomic mass is 10.0. The fourth-order valence-electron chi connectivity index (χ4n) is 2.55. The zero-order chi connectivity index (χ0) is 18.4. The standard InChI is InChI=1S/C21H27NO2S/c1-6-25-20-10-8-7-9-18(20)22-21(23)16(5)24-19-13-15(4)11-12-17(19)14(2)3/h7-14,16H,6H2,1-5H3,(H,22,23). The van der Waals surface area contributed by atoms with Crippen LogP contribution in [0, 0.1) is 6.92 Å². The fraction of sp³-hybridized carbons (Fsp3) is 0.381. The van der Waals surface area contributed by atoms with E-state index in [2.05, 4.69) is 38.2 Å². The maximum atomic E-state index is 12.6. The molecule has 0 saturated heterocycles. The van der Waals surface area contributed by atoms with E-state index in [1.54, 1.807) is 18.7 Å². The topological polar surface area (TPSA) is 38.3 Å². The second-order valence-electron chi connectivity index (χ2n) is 6.37. The molecule has 0 aliphatic carbocycles. The number of aryl methyl sites for hydroxylation is 1. The molecule has 2 aromatic carbocycles. The number of benzene rings is 2. The van der Waals surface area contributed by atoms with Crippen LogP contribution in [0.4, 0.5) is 5.69 Å². The smallest absolute Gasteiger partial charge is 0.265 e. The van der Waals surface area contributed by atoms with Crippen LogP contribution in [0.3, 0.4) is 0 Å². The van der Waals surface area contributed by atoms with Gasteiger partial charge in [0.25, 0.3) is 5.91 Å². The molecular weight excluding hydrogens is 330 g/mol. The number of hydrogen-bond donors (Lipinski definition) is 1. The molecule has 3 nitrogen and oxygen atoms in total. The van der Waals surface area contributed by atoms with Gasteiger partial charge in [-0.3, -0.25) is 4.79 Å². The van der Waals surface area contributed by atoms with Crippen LogP contribution in [0.2, 0.25) is 0 Å². The molecule has 4 heteroatoms. The minimum Gasteiger partial charge on any atom is -0.481 e. The number of carbonyl (C=O) groups is 1. The molecule has 0 heterocycles. The molecule has 0 bridgehead atoms. The third-order valence-corrected chi connectivity index (χ3v) is 4.86. The molecular formula is C21H27NO2S. The lowest BCUT2D eigenvalue weighted by molar-refractivity contribution is -0.122. The Balaban J connectivity index is 2.13. The van der Waals surface area contributed by atoms with Crippen LogP contribution >= 0.6 is 11.8 Å².